The molecule has 1 fully saturated rings. The van der Waals surface area contributed by atoms with E-state index in [0.717, 1.165) is 11.6 Å². The van der Waals surface area contributed by atoms with Gasteiger partial charge < -0.3 is 0 Å². The van der Waals surface area contributed by atoms with E-state index in [0.29, 0.717) is 0 Å². The minimum atomic E-state index is 0.822. The van der Waals surface area contributed by atoms with Crippen molar-refractivity contribution in [1.82, 2.24) is 4.98 Å². The number of hydrogen-bond acceptors (Lipinski definition) is 1. The van der Waals surface area contributed by atoms with E-state index in [9.17, 15) is 0 Å². The maximum atomic E-state index is 4.78. The quantitative estimate of drug-likeness (QED) is 0.530. The third-order valence-electron chi connectivity index (χ3n) is 5.38. The Hall–Kier alpha value is -2.41. The second-order valence-corrected chi connectivity index (χ2v) is 7.17. The second-order valence-electron chi connectivity index (χ2n) is 7.17. The Morgan fingerprint density at radius 3 is 2.08 bits per heavy atom. The molecule has 0 amide bonds. The SMILES string of the molecule is c1ccc(-c2cc(CC3CCCCC3)c(-c3ccccc3)cn2)cc1. The van der Waals surface area contributed by atoms with Crippen molar-refractivity contribution in [1.29, 1.82) is 0 Å². The first-order valence-corrected chi connectivity index (χ1v) is 9.50. The molecule has 0 saturated heterocycles. The molecule has 1 nitrogen and oxygen atoms in total. The molecule has 0 unspecified atom stereocenters. The number of hydrogen-bond donors (Lipinski definition) is 0. The summed E-state index contributed by atoms with van der Waals surface area (Å²) in [5.74, 6) is 0.822. The zero-order chi connectivity index (χ0) is 16.9. The zero-order valence-corrected chi connectivity index (χ0v) is 14.7. The molecule has 1 saturated carbocycles. The van der Waals surface area contributed by atoms with Gasteiger partial charge in [0.25, 0.3) is 0 Å². The van der Waals surface area contributed by atoms with E-state index in [1.807, 2.05) is 0 Å². The number of nitrogens with zero attached hydrogens (tertiary/aromatic N) is 1. The fourth-order valence-electron chi connectivity index (χ4n) is 4.01. The van der Waals surface area contributed by atoms with Gasteiger partial charge in [-0.2, -0.15) is 0 Å². The molecular formula is C24H25N. The van der Waals surface area contributed by atoms with Gasteiger partial charge in [-0.3, -0.25) is 4.98 Å². The highest BCUT2D eigenvalue weighted by atomic mass is 14.7. The van der Waals surface area contributed by atoms with Crippen LogP contribution in [0.5, 0.6) is 0 Å². The van der Waals surface area contributed by atoms with E-state index >= 15 is 0 Å². The monoisotopic (exact) mass is 327 g/mol. The predicted molar refractivity (Wildman–Crippen MR) is 105 cm³/mol. The Kier molecular flexibility index (Phi) is 4.92. The standard InChI is InChI=1S/C24H25N/c1-4-10-19(11-5-1)16-22-17-24(21-14-8-3-9-15-21)25-18-23(22)20-12-6-2-7-13-20/h2-3,6-9,12-15,17-19H,1,4-5,10-11,16H2. The lowest BCUT2D eigenvalue weighted by Crippen LogP contribution is -2.10. The molecule has 1 heterocycles. The molecular weight excluding hydrogens is 302 g/mol. The van der Waals surface area contributed by atoms with Gasteiger partial charge in [-0.1, -0.05) is 92.8 Å². The minimum absolute atomic E-state index is 0.822. The van der Waals surface area contributed by atoms with Crippen molar-refractivity contribution in [3.8, 4) is 22.4 Å². The molecule has 0 N–H and O–H groups in total. The Bertz CT molecular complexity index is 802. The van der Waals surface area contributed by atoms with E-state index in [4.69, 9.17) is 4.98 Å². The molecule has 0 radical (unpaired) electrons. The summed E-state index contributed by atoms with van der Waals surface area (Å²) in [6.45, 7) is 0. The summed E-state index contributed by atoms with van der Waals surface area (Å²) >= 11 is 0. The van der Waals surface area contributed by atoms with Crippen LogP contribution in [0.15, 0.2) is 72.9 Å². The van der Waals surface area contributed by atoms with Crippen LogP contribution < -0.4 is 0 Å². The summed E-state index contributed by atoms with van der Waals surface area (Å²) < 4.78 is 0. The molecule has 1 aliphatic rings. The van der Waals surface area contributed by atoms with Crippen molar-refractivity contribution in [3.05, 3.63) is 78.5 Å². The molecule has 0 spiro atoms. The van der Waals surface area contributed by atoms with Gasteiger partial charge >= 0.3 is 0 Å². The number of aromatic nitrogens is 1. The van der Waals surface area contributed by atoms with Crippen molar-refractivity contribution in [2.24, 2.45) is 5.92 Å². The smallest absolute Gasteiger partial charge is 0.0705 e. The van der Waals surface area contributed by atoms with Crippen molar-refractivity contribution >= 4 is 0 Å². The van der Waals surface area contributed by atoms with E-state index in [1.54, 1.807) is 0 Å². The van der Waals surface area contributed by atoms with Gasteiger partial charge in [0.1, 0.15) is 0 Å². The van der Waals surface area contributed by atoms with E-state index in [2.05, 4.69) is 72.9 Å². The van der Waals surface area contributed by atoms with Gasteiger partial charge in [0.2, 0.25) is 0 Å². The first kappa shape index (κ1) is 16.1. The van der Waals surface area contributed by atoms with Crippen LogP contribution >= 0.6 is 0 Å². The van der Waals surface area contributed by atoms with Crippen LogP contribution in [-0.4, -0.2) is 4.98 Å². The van der Waals surface area contributed by atoms with E-state index < -0.39 is 0 Å². The number of benzene rings is 2. The van der Waals surface area contributed by atoms with E-state index in [-0.39, 0.29) is 0 Å². The molecule has 1 aliphatic carbocycles. The molecule has 1 heteroatoms. The molecule has 1 aromatic heterocycles. The molecule has 0 aliphatic heterocycles. The molecule has 0 bridgehead atoms. The first-order valence-electron chi connectivity index (χ1n) is 9.50. The topological polar surface area (TPSA) is 12.9 Å². The molecule has 25 heavy (non-hydrogen) atoms. The normalized spacial score (nSPS) is 15.2. The Morgan fingerprint density at radius 1 is 0.760 bits per heavy atom. The third kappa shape index (κ3) is 3.82. The fourth-order valence-corrected chi connectivity index (χ4v) is 4.01. The number of pyridine rings is 1. The molecule has 4 rings (SSSR count). The summed E-state index contributed by atoms with van der Waals surface area (Å²) in [4.78, 5) is 4.78. The summed E-state index contributed by atoms with van der Waals surface area (Å²) in [5, 5.41) is 0. The molecule has 126 valence electrons. The lowest BCUT2D eigenvalue weighted by atomic mass is 9.83. The lowest BCUT2D eigenvalue weighted by Gasteiger charge is -2.23. The van der Waals surface area contributed by atoms with Crippen molar-refractivity contribution < 1.29 is 0 Å². The van der Waals surface area contributed by atoms with Crippen LogP contribution in [0.4, 0.5) is 0 Å². The van der Waals surface area contributed by atoms with Gasteiger partial charge in [-0.25, -0.2) is 0 Å². The van der Waals surface area contributed by atoms with Crippen LogP contribution in [0.1, 0.15) is 37.7 Å². The maximum absolute atomic E-state index is 4.78. The number of rotatable bonds is 4. The fraction of sp³-hybridized carbons (Fsp3) is 0.292. The summed E-state index contributed by atoms with van der Waals surface area (Å²) in [7, 11) is 0. The molecule has 0 atom stereocenters. The average Bonchev–Trinajstić information content (AvgIpc) is 2.70. The van der Waals surface area contributed by atoms with Gasteiger partial charge in [0, 0.05) is 17.3 Å². The van der Waals surface area contributed by atoms with Crippen molar-refractivity contribution in [3.63, 3.8) is 0 Å². The van der Waals surface area contributed by atoms with Gasteiger partial charge in [-0.05, 0) is 29.5 Å². The second kappa shape index (κ2) is 7.65. The van der Waals surface area contributed by atoms with E-state index in [1.165, 1.54) is 60.8 Å². The van der Waals surface area contributed by atoms with Gasteiger partial charge in [-0.15, -0.1) is 0 Å². The summed E-state index contributed by atoms with van der Waals surface area (Å²) in [6.07, 6.45) is 10.2. The lowest BCUT2D eigenvalue weighted by molar-refractivity contribution is 0.357. The zero-order valence-electron chi connectivity index (χ0n) is 14.7. The van der Waals surface area contributed by atoms with Crippen LogP contribution in [0.3, 0.4) is 0 Å². The highest BCUT2D eigenvalue weighted by molar-refractivity contribution is 5.70. The highest BCUT2D eigenvalue weighted by Gasteiger charge is 2.17. The van der Waals surface area contributed by atoms with Gasteiger partial charge in [0.05, 0.1) is 5.69 Å². The maximum Gasteiger partial charge on any atom is 0.0705 e. The molecule has 2 aromatic carbocycles. The Labute approximate surface area is 150 Å². The van der Waals surface area contributed by atoms with Gasteiger partial charge in [0.15, 0.2) is 0 Å². The third-order valence-corrected chi connectivity index (χ3v) is 5.38. The van der Waals surface area contributed by atoms with Crippen molar-refractivity contribution in [2.45, 2.75) is 38.5 Å². The Morgan fingerprint density at radius 2 is 1.40 bits per heavy atom. The largest absolute Gasteiger partial charge is 0.256 e. The summed E-state index contributed by atoms with van der Waals surface area (Å²) in [6, 6.07) is 23.6. The van der Waals surface area contributed by atoms with Crippen molar-refractivity contribution in [2.75, 3.05) is 0 Å². The first-order chi connectivity index (χ1) is 12.4. The molecule has 3 aromatic rings. The predicted octanol–water partition coefficient (Wildman–Crippen LogP) is 6.54. The van der Waals surface area contributed by atoms with Crippen LogP contribution in [0, 0.1) is 5.92 Å². The Balaban J connectivity index is 1.73. The van der Waals surface area contributed by atoms with Crippen LogP contribution in [0.2, 0.25) is 0 Å². The minimum Gasteiger partial charge on any atom is -0.256 e. The highest BCUT2D eigenvalue weighted by Crippen LogP contribution is 2.33. The average molecular weight is 327 g/mol. The van der Waals surface area contributed by atoms with Crippen LogP contribution in [-0.2, 0) is 6.42 Å². The summed E-state index contributed by atoms with van der Waals surface area (Å²) in [5.41, 5.74) is 6.32. The van der Waals surface area contributed by atoms with Crippen LogP contribution in [0.25, 0.3) is 22.4 Å².